The van der Waals surface area contributed by atoms with Gasteiger partial charge in [-0.2, -0.15) is 5.10 Å². The molecule has 0 unspecified atom stereocenters. The molecule has 1 heterocycles. The number of carbonyl (C=O) groups is 2. The van der Waals surface area contributed by atoms with Crippen LogP contribution in [0.3, 0.4) is 0 Å². The van der Waals surface area contributed by atoms with Gasteiger partial charge in [-0.15, -0.1) is 11.3 Å². The van der Waals surface area contributed by atoms with Gasteiger partial charge >= 0.3 is 11.8 Å². The fraction of sp³-hybridized carbons (Fsp3) is 0.0714. The van der Waals surface area contributed by atoms with Crippen LogP contribution in [0.2, 0.25) is 10.0 Å². The summed E-state index contributed by atoms with van der Waals surface area (Å²) in [6.45, 7) is 1.73. The molecule has 0 bridgehead atoms. The van der Waals surface area contributed by atoms with Crippen molar-refractivity contribution in [1.82, 2.24) is 5.43 Å². The molecule has 0 atom stereocenters. The minimum Gasteiger partial charge on any atom is -0.316 e. The van der Waals surface area contributed by atoms with Crippen LogP contribution in [0, 0.1) is 0 Å². The van der Waals surface area contributed by atoms with Gasteiger partial charge in [0.15, 0.2) is 0 Å². The molecule has 0 aliphatic rings. The first-order valence-electron chi connectivity index (χ1n) is 6.12. The van der Waals surface area contributed by atoms with Gasteiger partial charge in [-0.25, -0.2) is 5.43 Å². The molecule has 5 nitrogen and oxygen atoms in total. The topological polar surface area (TPSA) is 70.6 Å². The zero-order valence-corrected chi connectivity index (χ0v) is 13.7. The molecular formula is C14H11Cl2N3O2S. The Hall–Kier alpha value is -1.89. The van der Waals surface area contributed by atoms with Gasteiger partial charge in [0.05, 0.1) is 16.4 Å². The van der Waals surface area contributed by atoms with E-state index in [2.05, 4.69) is 15.8 Å². The van der Waals surface area contributed by atoms with E-state index < -0.39 is 11.8 Å². The van der Waals surface area contributed by atoms with E-state index in [-0.39, 0.29) is 10.7 Å². The third-order valence-electron chi connectivity index (χ3n) is 2.59. The maximum absolute atomic E-state index is 11.8. The summed E-state index contributed by atoms with van der Waals surface area (Å²) in [6.07, 6.45) is 0. The van der Waals surface area contributed by atoms with Crippen molar-refractivity contribution < 1.29 is 9.59 Å². The van der Waals surface area contributed by atoms with Crippen LogP contribution in [0.25, 0.3) is 0 Å². The molecule has 2 amide bonds. The number of anilines is 1. The third-order valence-corrected chi connectivity index (χ3v) is 4.13. The molecule has 114 valence electrons. The quantitative estimate of drug-likeness (QED) is 0.502. The zero-order valence-electron chi connectivity index (χ0n) is 11.4. The van der Waals surface area contributed by atoms with Crippen molar-refractivity contribution in [2.24, 2.45) is 5.10 Å². The van der Waals surface area contributed by atoms with Gasteiger partial charge in [-0.3, -0.25) is 9.59 Å². The Morgan fingerprint density at radius 2 is 1.95 bits per heavy atom. The molecule has 0 aliphatic heterocycles. The molecule has 0 spiro atoms. The molecule has 0 aliphatic carbocycles. The summed E-state index contributed by atoms with van der Waals surface area (Å²) in [5.74, 6) is -1.78. The molecular weight excluding hydrogens is 345 g/mol. The lowest BCUT2D eigenvalue weighted by Gasteiger charge is -2.06. The van der Waals surface area contributed by atoms with Crippen LogP contribution in [0.15, 0.2) is 40.8 Å². The first-order chi connectivity index (χ1) is 10.5. The number of hydrogen-bond acceptors (Lipinski definition) is 4. The maximum Gasteiger partial charge on any atom is 0.329 e. The number of halogens is 2. The van der Waals surface area contributed by atoms with Crippen molar-refractivity contribution in [1.29, 1.82) is 0 Å². The molecule has 22 heavy (non-hydrogen) atoms. The lowest BCUT2D eigenvalue weighted by Crippen LogP contribution is -2.33. The summed E-state index contributed by atoms with van der Waals surface area (Å²) in [5.41, 5.74) is 3.06. The highest BCUT2D eigenvalue weighted by Gasteiger charge is 2.15. The number of carbonyl (C=O) groups excluding carboxylic acids is 2. The summed E-state index contributed by atoms with van der Waals surface area (Å²) in [6, 6.07) is 8.29. The van der Waals surface area contributed by atoms with Crippen LogP contribution in [-0.4, -0.2) is 17.5 Å². The lowest BCUT2D eigenvalue weighted by atomic mass is 10.3. The highest BCUT2D eigenvalue weighted by molar-refractivity contribution is 7.12. The zero-order chi connectivity index (χ0) is 16.1. The Bertz CT molecular complexity index is 730. The molecule has 1 aromatic heterocycles. The standard InChI is InChI=1S/C14H11Cl2N3O2S/c1-8(12-3-2-6-22-12)18-19-14(21)13(20)17-11-7-9(15)4-5-10(11)16/h2-7H,1H3,(H,17,20)(H,19,21)/b18-8+. The van der Waals surface area contributed by atoms with E-state index in [1.165, 1.54) is 23.5 Å². The second-order valence-electron chi connectivity index (χ2n) is 4.19. The fourth-order valence-electron chi connectivity index (χ4n) is 1.50. The molecule has 0 radical (unpaired) electrons. The Morgan fingerprint density at radius 3 is 2.64 bits per heavy atom. The van der Waals surface area contributed by atoms with Crippen molar-refractivity contribution in [2.45, 2.75) is 6.92 Å². The highest BCUT2D eigenvalue weighted by Crippen LogP contribution is 2.25. The van der Waals surface area contributed by atoms with Crippen molar-refractivity contribution in [3.63, 3.8) is 0 Å². The molecule has 0 fully saturated rings. The van der Waals surface area contributed by atoms with Crippen molar-refractivity contribution in [2.75, 3.05) is 5.32 Å². The molecule has 1 aromatic carbocycles. The molecule has 2 rings (SSSR count). The number of hydrazone groups is 1. The third kappa shape index (κ3) is 4.30. The van der Waals surface area contributed by atoms with E-state index in [1.807, 2.05) is 17.5 Å². The van der Waals surface area contributed by atoms with Crippen LogP contribution in [0.1, 0.15) is 11.8 Å². The fourth-order valence-corrected chi connectivity index (χ4v) is 2.51. The van der Waals surface area contributed by atoms with E-state index in [0.717, 1.165) is 4.88 Å². The van der Waals surface area contributed by atoms with Crippen LogP contribution >= 0.6 is 34.5 Å². The monoisotopic (exact) mass is 355 g/mol. The van der Waals surface area contributed by atoms with Crippen LogP contribution in [-0.2, 0) is 9.59 Å². The van der Waals surface area contributed by atoms with E-state index in [1.54, 1.807) is 13.0 Å². The first kappa shape index (κ1) is 16.5. The van der Waals surface area contributed by atoms with Crippen molar-refractivity contribution in [3.05, 3.63) is 50.6 Å². The average Bonchev–Trinajstić information content (AvgIpc) is 3.02. The summed E-state index contributed by atoms with van der Waals surface area (Å²) in [4.78, 5) is 24.4. The number of nitrogens with one attached hydrogen (secondary N) is 2. The Balaban J connectivity index is 1.99. The van der Waals surface area contributed by atoms with E-state index >= 15 is 0 Å². The predicted octanol–water partition coefficient (Wildman–Crippen LogP) is 3.53. The smallest absolute Gasteiger partial charge is 0.316 e. The number of rotatable bonds is 3. The Kier molecular flexibility index (Phi) is 5.54. The number of benzene rings is 1. The molecule has 2 aromatic rings. The summed E-state index contributed by atoms with van der Waals surface area (Å²) >= 11 is 13.2. The SMILES string of the molecule is C/C(=N\NC(=O)C(=O)Nc1cc(Cl)ccc1Cl)c1cccs1. The molecule has 2 N–H and O–H groups in total. The number of thiophene rings is 1. The first-order valence-corrected chi connectivity index (χ1v) is 7.75. The van der Waals surface area contributed by atoms with E-state index in [9.17, 15) is 9.59 Å². The largest absolute Gasteiger partial charge is 0.329 e. The second kappa shape index (κ2) is 7.40. The molecule has 0 saturated heterocycles. The number of nitrogens with zero attached hydrogens (tertiary/aromatic N) is 1. The van der Waals surface area contributed by atoms with Crippen molar-refractivity contribution >= 4 is 57.8 Å². The van der Waals surface area contributed by atoms with Gasteiger partial charge in [0.2, 0.25) is 0 Å². The minimum absolute atomic E-state index is 0.258. The normalized spacial score (nSPS) is 11.1. The van der Waals surface area contributed by atoms with Gasteiger partial charge in [0.25, 0.3) is 0 Å². The summed E-state index contributed by atoms with van der Waals surface area (Å²) in [7, 11) is 0. The summed E-state index contributed by atoms with van der Waals surface area (Å²) in [5, 5.41) is 8.82. The Morgan fingerprint density at radius 1 is 1.18 bits per heavy atom. The minimum atomic E-state index is -0.896. The van der Waals surface area contributed by atoms with Gasteiger partial charge in [-0.05, 0) is 36.6 Å². The molecule has 8 heteroatoms. The van der Waals surface area contributed by atoms with Crippen molar-refractivity contribution in [3.8, 4) is 0 Å². The molecule has 0 saturated carbocycles. The maximum atomic E-state index is 11.8. The Labute approximate surface area is 140 Å². The second-order valence-corrected chi connectivity index (χ2v) is 5.99. The van der Waals surface area contributed by atoms with Crippen LogP contribution < -0.4 is 10.7 Å². The van der Waals surface area contributed by atoms with Gasteiger partial charge in [-0.1, -0.05) is 29.3 Å². The van der Waals surface area contributed by atoms with E-state index in [0.29, 0.717) is 10.7 Å². The van der Waals surface area contributed by atoms with Gasteiger partial charge in [0, 0.05) is 9.90 Å². The predicted molar refractivity (Wildman–Crippen MR) is 89.8 cm³/mol. The van der Waals surface area contributed by atoms with Crippen LogP contribution in [0.5, 0.6) is 0 Å². The average molecular weight is 356 g/mol. The lowest BCUT2D eigenvalue weighted by molar-refractivity contribution is -0.136. The van der Waals surface area contributed by atoms with Crippen LogP contribution in [0.4, 0.5) is 5.69 Å². The van der Waals surface area contributed by atoms with Gasteiger partial charge in [0.1, 0.15) is 0 Å². The highest BCUT2D eigenvalue weighted by atomic mass is 35.5. The summed E-state index contributed by atoms with van der Waals surface area (Å²) < 4.78 is 0. The number of hydrogen-bond donors (Lipinski definition) is 2. The van der Waals surface area contributed by atoms with E-state index in [4.69, 9.17) is 23.2 Å². The number of amides is 2. The van der Waals surface area contributed by atoms with Gasteiger partial charge < -0.3 is 5.32 Å².